The van der Waals surface area contributed by atoms with Crippen LogP contribution in [0.5, 0.6) is 0 Å². The molecule has 19 heavy (non-hydrogen) atoms. The molecule has 110 valence electrons. The number of carbonyl (C=O) groups is 2. The van der Waals surface area contributed by atoms with Crippen molar-refractivity contribution in [1.29, 1.82) is 0 Å². The van der Waals surface area contributed by atoms with Gasteiger partial charge in [-0.15, -0.1) is 0 Å². The van der Waals surface area contributed by atoms with Crippen LogP contribution in [0.1, 0.15) is 44.9 Å². The summed E-state index contributed by atoms with van der Waals surface area (Å²) < 4.78 is 9.28. The summed E-state index contributed by atoms with van der Waals surface area (Å²) in [6.45, 7) is 0. The number of carbonyl (C=O) groups excluding carboxylic acids is 2. The third kappa shape index (κ3) is 4.49. The lowest BCUT2D eigenvalue weighted by molar-refractivity contribution is -0.166. The molecule has 0 aliphatic heterocycles. The molecule has 2 unspecified atom stereocenters. The van der Waals surface area contributed by atoms with Gasteiger partial charge in [-0.25, -0.2) is 4.79 Å². The van der Waals surface area contributed by atoms with Gasteiger partial charge in [0.15, 0.2) is 6.10 Å². The fourth-order valence-corrected chi connectivity index (χ4v) is 2.83. The molecule has 0 heterocycles. The Morgan fingerprint density at radius 3 is 1.89 bits per heavy atom. The Balaban J connectivity index is 2.81. The van der Waals surface area contributed by atoms with Crippen molar-refractivity contribution in [3.05, 3.63) is 0 Å². The minimum atomic E-state index is -1.43. The number of rotatable bonds is 4. The molecule has 0 radical (unpaired) electrons. The Labute approximate surface area is 114 Å². The smallest absolute Gasteiger partial charge is 0.335 e. The van der Waals surface area contributed by atoms with Crippen LogP contribution >= 0.6 is 0 Å². The van der Waals surface area contributed by atoms with Crippen LogP contribution in [0.3, 0.4) is 0 Å². The van der Waals surface area contributed by atoms with Crippen LogP contribution in [-0.2, 0) is 19.1 Å². The van der Waals surface area contributed by atoms with Crippen LogP contribution in [0.15, 0.2) is 0 Å². The SMILES string of the molecule is COC(=O)C(O)C(C(=O)OC)C1CCCCCCC1. The summed E-state index contributed by atoms with van der Waals surface area (Å²) in [5.74, 6) is -2.11. The predicted molar refractivity (Wildman–Crippen MR) is 69.3 cm³/mol. The van der Waals surface area contributed by atoms with Crippen LogP contribution in [-0.4, -0.2) is 37.4 Å². The normalized spacial score (nSPS) is 20.8. The van der Waals surface area contributed by atoms with Crippen LogP contribution in [0.2, 0.25) is 0 Å². The van der Waals surface area contributed by atoms with E-state index in [1.807, 2.05) is 0 Å². The number of hydrogen-bond donors (Lipinski definition) is 1. The number of ether oxygens (including phenoxy) is 2. The van der Waals surface area contributed by atoms with Crippen molar-refractivity contribution in [3.8, 4) is 0 Å². The summed E-state index contributed by atoms with van der Waals surface area (Å²) in [4.78, 5) is 23.4. The largest absolute Gasteiger partial charge is 0.469 e. The van der Waals surface area contributed by atoms with Gasteiger partial charge in [0.1, 0.15) is 0 Å². The van der Waals surface area contributed by atoms with Crippen LogP contribution in [0.25, 0.3) is 0 Å². The minimum absolute atomic E-state index is 0.0122. The zero-order valence-corrected chi connectivity index (χ0v) is 11.8. The number of aliphatic hydroxyl groups excluding tert-OH is 1. The highest BCUT2D eigenvalue weighted by atomic mass is 16.5. The van der Waals surface area contributed by atoms with Crippen molar-refractivity contribution in [1.82, 2.24) is 0 Å². The molecule has 0 aromatic heterocycles. The predicted octanol–water partition coefficient (Wildman–Crippen LogP) is 1.67. The summed E-state index contributed by atoms with van der Waals surface area (Å²) in [5, 5.41) is 10.0. The molecule has 0 saturated heterocycles. The Morgan fingerprint density at radius 2 is 1.42 bits per heavy atom. The van der Waals surface area contributed by atoms with Crippen LogP contribution in [0.4, 0.5) is 0 Å². The first kappa shape index (κ1) is 16.0. The van der Waals surface area contributed by atoms with Gasteiger partial charge in [-0.2, -0.15) is 0 Å². The summed E-state index contributed by atoms with van der Waals surface area (Å²) in [5.41, 5.74) is 0. The number of hydrogen-bond acceptors (Lipinski definition) is 5. The van der Waals surface area contributed by atoms with E-state index in [-0.39, 0.29) is 5.92 Å². The highest BCUT2D eigenvalue weighted by Crippen LogP contribution is 2.31. The van der Waals surface area contributed by atoms with Gasteiger partial charge in [-0.05, 0) is 18.8 Å². The quantitative estimate of drug-likeness (QED) is 0.788. The second kappa shape index (κ2) is 8.15. The third-order valence-corrected chi connectivity index (χ3v) is 3.91. The third-order valence-electron chi connectivity index (χ3n) is 3.91. The number of aliphatic hydroxyl groups is 1. The molecule has 1 N–H and O–H groups in total. The Hall–Kier alpha value is -1.10. The maximum Gasteiger partial charge on any atom is 0.335 e. The Bertz CT molecular complexity index is 294. The molecule has 0 aromatic rings. The first-order valence-electron chi connectivity index (χ1n) is 6.95. The zero-order chi connectivity index (χ0) is 14.3. The Kier molecular flexibility index (Phi) is 6.84. The highest BCUT2D eigenvalue weighted by Gasteiger charge is 2.39. The Morgan fingerprint density at radius 1 is 0.947 bits per heavy atom. The molecule has 1 fully saturated rings. The standard InChI is InChI=1S/C14H24O5/c1-18-13(16)11(12(15)14(17)19-2)10-8-6-4-3-5-7-9-10/h10-12,15H,3-9H2,1-2H3. The lowest BCUT2D eigenvalue weighted by Gasteiger charge is -2.29. The maximum atomic E-state index is 11.9. The van der Waals surface area contributed by atoms with Crippen molar-refractivity contribution in [2.45, 2.75) is 51.0 Å². The van der Waals surface area contributed by atoms with E-state index in [1.54, 1.807) is 0 Å². The fourth-order valence-electron chi connectivity index (χ4n) is 2.83. The summed E-state index contributed by atoms with van der Waals surface area (Å²) in [6.07, 6.45) is 5.79. The van der Waals surface area contributed by atoms with Gasteiger partial charge in [0.25, 0.3) is 0 Å². The van der Waals surface area contributed by atoms with Gasteiger partial charge in [-0.1, -0.05) is 32.1 Å². The number of methoxy groups -OCH3 is 2. The van der Waals surface area contributed by atoms with E-state index >= 15 is 0 Å². The topological polar surface area (TPSA) is 72.8 Å². The maximum absolute atomic E-state index is 11.9. The first-order chi connectivity index (χ1) is 9.11. The van der Waals surface area contributed by atoms with Gasteiger partial charge in [0, 0.05) is 0 Å². The lowest BCUT2D eigenvalue weighted by Crippen LogP contribution is -2.41. The number of esters is 2. The molecule has 5 heteroatoms. The second-order valence-corrected chi connectivity index (χ2v) is 5.12. The van der Waals surface area contributed by atoms with Crippen molar-refractivity contribution in [3.63, 3.8) is 0 Å². The van der Waals surface area contributed by atoms with Gasteiger partial charge in [0.05, 0.1) is 20.1 Å². The average Bonchev–Trinajstić information content (AvgIpc) is 2.39. The van der Waals surface area contributed by atoms with Gasteiger partial charge < -0.3 is 14.6 Å². The minimum Gasteiger partial charge on any atom is -0.469 e. The summed E-state index contributed by atoms with van der Waals surface area (Å²) in [7, 11) is 2.49. The molecule has 1 aliphatic carbocycles. The summed E-state index contributed by atoms with van der Waals surface area (Å²) in [6, 6.07) is 0. The molecule has 1 rings (SSSR count). The van der Waals surface area contributed by atoms with E-state index in [9.17, 15) is 14.7 Å². The van der Waals surface area contributed by atoms with E-state index in [0.29, 0.717) is 0 Å². The second-order valence-electron chi connectivity index (χ2n) is 5.12. The van der Waals surface area contributed by atoms with Gasteiger partial charge in [0.2, 0.25) is 0 Å². The van der Waals surface area contributed by atoms with Crippen LogP contribution < -0.4 is 0 Å². The molecular formula is C14H24O5. The molecule has 0 spiro atoms. The molecular weight excluding hydrogens is 248 g/mol. The fraction of sp³-hybridized carbons (Fsp3) is 0.857. The van der Waals surface area contributed by atoms with Crippen LogP contribution in [0, 0.1) is 11.8 Å². The molecule has 2 atom stereocenters. The monoisotopic (exact) mass is 272 g/mol. The van der Waals surface area contributed by atoms with Crippen molar-refractivity contribution in [2.24, 2.45) is 11.8 Å². The molecule has 1 aliphatic rings. The molecule has 0 amide bonds. The highest BCUT2D eigenvalue weighted by molar-refractivity contribution is 5.83. The van der Waals surface area contributed by atoms with Gasteiger partial charge >= 0.3 is 11.9 Å². The van der Waals surface area contributed by atoms with E-state index in [0.717, 1.165) is 38.5 Å². The van der Waals surface area contributed by atoms with E-state index < -0.39 is 24.0 Å². The molecule has 5 nitrogen and oxygen atoms in total. The van der Waals surface area contributed by atoms with E-state index in [2.05, 4.69) is 4.74 Å². The zero-order valence-electron chi connectivity index (χ0n) is 11.8. The first-order valence-corrected chi connectivity index (χ1v) is 6.95. The molecule has 0 aromatic carbocycles. The van der Waals surface area contributed by atoms with E-state index in [4.69, 9.17) is 4.74 Å². The lowest BCUT2D eigenvalue weighted by atomic mass is 9.79. The van der Waals surface area contributed by atoms with Crippen molar-refractivity contribution >= 4 is 11.9 Å². The van der Waals surface area contributed by atoms with E-state index in [1.165, 1.54) is 20.6 Å². The molecule has 0 bridgehead atoms. The molecule has 1 saturated carbocycles. The van der Waals surface area contributed by atoms with Gasteiger partial charge in [-0.3, -0.25) is 4.79 Å². The summed E-state index contributed by atoms with van der Waals surface area (Å²) >= 11 is 0. The van der Waals surface area contributed by atoms with Crippen molar-refractivity contribution in [2.75, 3.05) is 14.2 Å². The average molecular weight is 272 g/mol. The van der Waals surface area contributed by atoms with Crippen molar-refractivity contribution < 1.29 is 24.2 Å².